The van der Waals surface area contributed by atoms with Gasteiger partial charge in [-0.25, -0.2) is 4.79 Å². The molecule has 8 heteroatoms. The molecule has 2 aromatic rings. The number of hydrogen-bond acceptors (Lipinski definition) is 6. The highest BCUT2D eigenvalue weighted by Gasteiger charge is 2.22. The Morgan fingerprint density at radius 3 is 2.61 bits per heavy atom. The number of esters is 1. The summed E-state index contributed by atoms with van der Waals surface area (Å²) in [6.45, 7) is 1.98. The highest BCUT2D eigenvalue weighted by Crippen LogP contribution is 2.31. The molecule has 0 saturated carbocycles. The second-order valence-electron chi connectivity index (χ2n) is 6.87. The number of ether oxygens (including phenoxy) is 3. The lowest BCUT2D eigenvalue weighted by atomic mass is 10.1. The maximum Gasteiger partial charge on any atom is 0.330 e. The van der Waals surface area contributed by atoms with E-state index in [2.05, 4.69) is 10.1 Å². The molecular formula is C23H24N2O6. The molecule has 1 aliphatic heterocycles. The van der Waals surface area contributed by atoms with Crippen LogP contribution < -0.4 is 19.7 Å². The van der Waals surface area contributed by atoms with Crippen LogP contribution in [0.1, 0.15) is 18.1 Å². The van der Waals surface area contributed by atoms with Gasteiger partial charge in [0.05, 0.1) is 14.2 Å². The predicted molar refractivity (Wildman–Crippen MR) is 116 cm³/mol. The minimum Gasteiger partial charge on any atom is -0.493 e. The number of fused-ring (bicyclic) bond motifs is 1. The number of nitrogens with one attached hydrogen (secondary N) is 1. The maximum atomic E-state index is 12.3. The lowest BCUT2D eigenvalue weighted by Crippen LogP contribution is -2.25. The Morgan fingerprint density at radius 1 is 1.10 bits per heavy atom. The Hall–Kier alpha value is -3.81. The quantitative estimate of drug-likeness (QED) is 0.543. The van der Waals surface area contributed by atoms with Crippen LogP contribution in [0.5, 0.6) is 11.5 Å². The van der Waals surface area contributed by atoms with Gasteiger partial charge in [-0.05, 0) is 54.0 Å². The number of carbonyl (C=O) groups excluding carboxylic acids is 3. The maximum absolute atomic E-state index is 12.3. The number of hydrogen-bond donors (Lipinski definition) is 1. The molecular weight excluding hydrogens is 400 g/mol. The number of nitrogens with zero attached hydrogens (tertiary/aromatic N) is 1. The van der Waals surface area contributed by atoms with Gasteiger partial charge in [0.2, 0.25) is 5.91 Å². The van der Waals surface area contributed by atoms with Crippen LogP contribution in [0.25, 0.3) is 6.08 Å². The summed E-state index contributed by atoms with van der Waals surface area (Å²) >= 11 is 0. The number of amides is 2. The molecule has 8 nitrogen and oxygen atoms in total. The van der Waals surface area contributed by atoms with Crippen LogP contribution in [0.3, 0.4) is 0 Å². The van der Waals surface area contributed by atoms with Crippen molar-refractivity contribution in [2.75, 3.05) is 37.6 Å². The molecule has 2 amide bonds. The predicted octanol–water partition coefficient (Wildman–Crippen LogP) is 2.81. The van der Waals surface area contributed by atoms with E-state index in [0.29, 0.717) is 23.7 Å². The Bertz CT molecular complexity index is 1030. The van der Waals surface area contributed by atoms with Gasteiger partial charge in [0.15, 0.2) is 18.1 Å². The summed E-state index contributed by atoms with van der Waals surface area (Å²) in [4.78, 5) is 36.9. The molecule has 0 bridgehead atoms. The van der Waals surface area contributed by atoms with Gasteiger partial charge in [0.25, 0.3) is 5.91 Å². The molecule has 1 N–H and O–H groups in total. The number of carbonyl (C=O) groups is 3. The van der Waals surface area contributed by atoms with Crippen molar-refractivity contribution in [2.45, 2.75) is 13.3 Å². The Balaban J connectivity index is 1.60. The number of methoxy groups -OCH3 is 2. The van der Waals surface area contributed by atoms with Crippen molar-refractivity contribution in [3.8, 4) is 11.5 Å². The van der Waals surface area contributed by atoms with E-state index in [-0.39, 0.29) is 18.4 Å². The van der Waals surface area contributed by atoms with Crippen molar-refractivity contribution < 1.29 is 28.6 Å². The van der Waals surface area contributed by atoms with Crippen LogP contribution in [0.2, 0.25) is 0 Å². The zero-order valence-electron chi connectivity index (χ0n) is 17.6. The van der Waals surface area contributed by atoms with E-state index < -0.39 is 5.97 Å². The zero-order valence-corrected chi connectivity index (χ0v) is 17.6. The molecule has 0 unspecified atom stereocenters. The van der Waals surface area contributed by atoms with Gasteiger partial charge in [0, 0.05) is 30.9 Å². The van der Waals surface area contributed by atoms with Gasteiger partial charge in [-0.15, -0.1) is 0 Å². The first-order valence-corrected chi connectivity index (χ1v) is 9.69. The molecule has 1 heterocycles. The summed E-state index contributed by atoms with van der Waals surface area (Å²) in [6, 6.07) is 10.6. The van der Waals surface area contributed by atoms with Crippen LogP contribution in [0.4, 0.5) is 11.4 Å². The van der Waals surface area contributed by atoms with E-state index >= 15 is 0 Å². The minimum absolute atomic E-state index is 0.00434. The van der Waals surface area contributed by atoms with E-state index in [9.17, 15) is 14.4 Å². The average Bonchev–Trinajstić information content (AvgIpc) is 3.19. The van der Waals surface area contributed by atoms with E-state index in [4.69, 9.17) is 9.47 Å². The second kappa shape index (κ2) is 9.80. The standard InChI is InChI=1S/C23H24N2O6/c1-15(26)25-11-10-17-13-18(6-7-19(17)25)24-22(27)14-31-20-8-4-16(12-21(20)29-2)5-9-23(28)30-3/h4-9,12-13H,10-11,14H2,1-3H3,(H,24,27)/b9-5+. The largest absolute Gasteiger partial charge is 0.493 e. The van der Waals surface area contributed by atoms with Crippen LogP contribution in [0.15, 0.2) is 42.5 Å². The highest BCUT2D eigenvalue weighted by atomic mass is 16.5. The number of rotatable bonds is 7. The van der Waals surface area contributed by atoms with Crippen molar-refractivity contribution in [1.29, 1.82) is 0 Å². The number of anilines is 2. The summed E-state index contributed by atoms with van der Waals surface area (Å²) in [5.74, 6) is 0.0555. The highest BCUT2D eigenvalue weighted by molar-refractivity contribution is 5.96. The van der Waals surface area contributed by atoms with E-state index in [1.807, 2.05) is 12.1 Å². The molecule has 0 aliphatic carbocycles. The lowest BCUT2D eigenvalue weighted by molar-refractivity contribution is -0.134. The molecule has 31 heavy (non-hydrogen) atoms. The molecule has 0 saturated heterocycles. The van der Waals surface area contributed by atoms with Gasteiger partial charge >= 0.3 is 5.97 Å². The topological polar surface area (TPSA) is 94.2 Å². The van der Waals surface area contributed by atoms with Crippen molar-refractivity contribution in [3.63, 3.8) is 0 Å². The third-order valence-corrected chi connectivity index (χ3v) is 4.80. The number of benzene rings is 2. The SMILES string of the molecule is COC(=O)/C=C/c1ccc(OCC(=O)Nc2ccc3c(c2)CCN3C(C)=O)c(OC)c1. The summed E-state index contributed by atoms with van der Waals surface area (Å²) in [5.41, 5.74) is 3.27. The summed E-state index contributed by atoms with van der Waals surface area (Å²) < 4.78 is 15.5. The van der Waals surface area contributed by atoms with Gasteiger partial charge in [-0.1, -0.05) is 6.07 Å². The van der Waals surface area contributed by atoms with Gasteiger partial charge in [0.1, 0.15) is 0 Å². The Kier molecular flexibility index (Phi) is 6.92. The summed E-state index contributed by atoms with van der Waals surface area (Å²) in [6.07, 6.45) is 3.64. The van der Waals surface area contributed by atoms with Gasteiger partial charge in [-0.2, -0.15) is 0 Å². The van der Waals surface area contributed by atoms with E-state index in [0.717, 1.165) is 23.2 Å². The molecule has 162 valence electrons. The third kappa shape index (κ3) is 5.42. The normalized spacial score (nSPS) is 12.4. The van der Waals surface area contributed by atoms with E-state index in [1.165, 1.54) is 20.3 Å². The third-order valence-electron chi connectivity index (χ3n) is 4.80. The second-order valence-corrected chi connectivity index (χ2v) is 6.87. The molecule has 0 radical (unpaired) electrons. The van der Waals surface area contributed by atoms with Crippen molar-refractivity contribution in [3.05, 3.63) is 53.6 Å². The Morgan fingerprint density at radius 2 is 1.90 bits per heavy atom. The summed E-state index contributed by atoms with van der Waals surface area (Å²) in [5, 5.41) is 2.80. The van der Waals surface area contributed by atoms with Crippen molar-refractivity contribution in [2.24, 2.45) is 0 Å². The van der Waals surface area contributed by atoms with Gasteiger partial charge < -0.3 is 24.4 Å². The summed E-state index contributed by atoms with van der Waals surface area (Å²) in [7, 11) is 2.80. The van der Waals surface area contributed by atoms with Crippen molar-refractivity contribution in [1.82, 2.24) is 0 Å². The Labute approximate surface area is 180 Å². The molecule has 2 aromatic carbocycles. The first kappa shape index (κ1) is 21.9. The van der Waals surface area contributed by atoms with Crippen LogP contribution in [0, 0.1) is 0 Å². The van der Waals surface area contributed by atoms with Gasteiger partial charge in [-0.3, -0.25) is 9.59 Å². The van der Waals surface area contributed by atoms with Crippen LogP contribution in [-0.4, -0.2) is 45.2 Å². The fraction of sp³-hybridized carbons (Fsp3) is 0.261. The molecule has 0 atom stereocenters. The molecule has 3 rings (SSSR count). The first-order chi connectivity index (χ1) is 14.9. The fourth-order valence-corrected chi connectivity index (χ4v) is 3.29. The van der Waals surface area contributed by atoms with Crippen LogP contribution >= 0.6 is 0 Å². The van der Waals surface area contributed by atoms with Crippen LogP contribution in [-0.2, 0) is 25.5 Å². The molecule has 1 aliphatic rings. The first-order valence-electron chi connectivity index (χ1n) is 9.69. The molecule has 0 spiro atoms. The molecule has 0 aromatic heterocycles. The monoisotopic (exact) mass is 424 g/mol. The lowest BCUT2D eigenvalue weighted by Gasteiger charge is -2.15. The molecule has 0 fully saturated rings. The average molecular weight is 424 g/mol. The van der Waals surface area contributed by atoms with Crippen molar-refractivity contribution >= 4 is 35.2 Å². The smallest absolute Gasteiger partial charge is 0.330 e. The fourth-order valence-electron chi connectivity index (χ4n) is 3.29. The van der Waals surface area contributed by atoms with E-state index in [1.54, 1.807) is 42.2 Å². The zero-order chi connectivity index (χ0) is 22.4. The minimum atomic E-state index is -0.462.